The maximum absolute atomic E-state index is 13.5. The molecule has 1 fully saturated rings. The number of aromatic nitrogens is 4. The number of hydrogen-bond acceptors (Lipinski definition) is 5. The Labute approximate surface area is 179 Å². The highest BCUT2D eigenvalue weighted by Gasteiger charge is 2.20. The van der Waals surface area contributed by atoms with Crippen LogP contribution in [0.5, 0.6) is 0 Å². The van der Waals surface area contributed by atoms with Crippen molar-refractivity contribution in [3.8, 4) is 5.69 Å². The summed E-state index contributed by atoms with van der Waals surface area (Å²) in [5.41, 5.74) is 3.36. The maximum atomic E-state index is 13.5. The first kappa shape index (κ1) is 20.8. The molecule has 0 amide bonds. The number of halogens is 1. The number of aryl methyl sites for hydroxylation is 2. The normalized spacial score (nSPS) is 14.9. The second kappa shape index (κ2) is 9.14. The van der Waals surface area contributed by atoms with Crippen LogP contribution in [0, 0.1) is 19.7 Å². The molecule has 1 N–H and O–H groups in total. The van der Waals surface area contributed by atoms with Gasteiger partial charge in [0.05, 0.1) is 12.3 Å². The van der Waals surface area contributed by atoms with Crippen LogP contribution in [0.2, 0.25) is 0 Å². The van der Waals surface area contributed by atoms with Gasteiger partial charge in [0.25, 0.3) is 0 Å². The monoisotopic (exact) mass is 427 g/mol. The summed E-state index contributed by atoms with van der Waals surface area (Å²) >= 11 is 1.36. The predicted octanol–water partition coefficient (Wildman–Crippen LogP) is 4.31. The van der Waals surface area contributed by atoms with Crippen LogP contribution in [-0.2, 0) is 6.54 Å². The third-order valence-electron chi connectivity index (χ3n) is 5.38. The molecule has 0 saturated carbocycles. The molecule has 4 rings (SSSR count). The van der Waals surface area contributed by atoms with Crippen molar-refractivity contribution in [3.05, 3.63) is 58.9 Å². The fourth-order valence-corrected chi connectivity index (χ4v) is 4.74. The van der Waals surface area contributed by atoms with E-state index in [9.17, 15) is 9.18 Å². The summed E-state index contributed by atoms with van der Waals surface area (Å²) < 4.78 is 15.4. The molecule has 1 aliphatic rings. The molecule has 158 valence electrons. The summed E-state index contributed by atoms with van der Waals surface area (Å²) in [7, 11) is 0. The lowest BCUT2D eigenvalue weighted by Crippen LogP contribution is -2.30. The molecule has 0 aliphatic carbocycles. The number of likely N-dealkylation sites (tertiary alicyclic amines) is 1. The van der Waals surface area contributed by atoms with Crippen LogP contribution >= 0.6 is 11.8 Å². The number of benzene rings is 1. The molecule has 3 heterocycles. The van der Waals surface area contributed by atoms with Gasteiger partial charge in [-0.05, 0) is 70.1 Å². The number of rotatable bonds is 7. The fraction of sp³-hybridized carbons (Fsp3) is 0.409. The van der Waals surface area contributed by atoms with E-state index in [0.29, 0.717) is 17.3 Å². The Morgan fingerprint density at radius 2 is 1.87 bits per heavy atom. The minimum atomic E-state index is -0.285. The van der Waals surface area contributed by atoms with E-state index < -0.39 is 0 Å². The molecule has 0 bridgehead atoms. The van der Waals surface area contributed by atoms with Crippen molar-refractivity contribution >= 4 is 17.5 Å². The lowest BCUT2D eigenvalue weighted by molar-refractivity contribution is 0.102. The number of nitrogens with one attached hydrogen (secondary N) is 1. The molecular formula is C22H26FN5OS. The molecule has 3 aromatic rings. The Balaban J connectivity index is 1.57. The van der Waals surface area contributed by atoms with Gasteiger partial charge in [-0.15, -0.1) is 10.2 Å². The van der Waals surface area contributed by atoms with Crippen LogP contribution in [0.1, 0.15) is 46.8 Å². The first-order valence-electron chi connectivity index (χ1n) is 10.3. The van der Waals surface area contributed by atoms with Crippen molar-refractivity contribution in [1.82, 2.24) is 24.6 Å². The van der Waals surface area contributed by atoms with Crippen molar-refractivity contribution in [2.75, 3.05) is 18.8 Å². The molecule has 2 aromatic heterocycles. The highest BCUT2D eigenvalue weighted by Crippen LogP contribution is 2.25. The number of Topliss-reactive ketones (excluding diaryl/α,β-unsaturated/α-hetero) is 1. The van der Waals surface area contributed by atoms with E-state index in [-0.39, 0.29) is 17.4 Å². The average Bonchev–Trinajstić information content (AvgIpc) is 3.29. The third kappa shape index (κ3) is 4.65. The molecule has 0 radical (unpaired) electrons. The van der Waals surface area contributed by atoms with Gasteiger partial charge >= 0.3 is 0 Å². The van der Waals surface area contributed by atoms with Gasteiger partial charge in [-0.1, -0.05) is 18.2 Å². The summed E-state index contributed by atoms with van der Waals surface area (Å²) in [6.07, 6.45) is 3.65. The number of thioether (sulfide) groups is 1. The Morgan fingerprint density at radius 1 is 1.13 bits per heavy atom. The molecule has 0 spiro atoms. The van der Waals surface area contributed by atoms with Gasteiger partial charge < -0.3 is 4.98 Å². The number of carbonyl (C=O) groups excluding carboxylic acids is 1. The molecule has 6 nitrogen and oxygen atoms in total. The molecule has 1 saturated heterocycles. The molecule has 8 heteroatoms. The predicted molar refractivity (Wildman–Crippen MR) is 116 cm³/mol. The van der Waals surface area contributed by atoms with E-state index in [1.807, 2.05) is 24.5 Å². The number of ketones is 1. The van der Waals surface area contributed by atoms with Crippen molar-refractivity contribution in [2.45, 2.75) is 44.8 Å². The average molecular weight is 428 g/mol. The number of nitrogens with zero attached hydrogens (tertiary/aromatic N) is 4. The minimum Gasteiger partial charge on any atom is -0.362 e. The Hall–Kier alpha value is -2.45. The van der Waals surface area contributed by atoms with E-state index in [1.165, 1.54) is 43.2 Å². The largest absolute Gasteiger partial charge is 0.362 e. The first-order valence-corrected chi connectivity index (χ1v) is 11.2. The second-order valence-corrected chi connectivity index (χ2v) is 8.69. The number of aromatic amines is 1. The van der Waals surface area contributed by atoms with Gasteiger partial charge in [-0.2, -0.15) is 0 Å². The molecule has 1 aliphatic heterocycles. The van der Waals surface area contributed by atoms with Crippen LogP contribution < -0.4 is 0 Å². The van der Waals surface area contributed by atoms with Crippen LogP contribution in [0.4, 0.5) is 4.39 Å². The number of hydrogen-bond donors (Lipinski definition) is 1. The van der Waals surface area contributed by atoms with E-state index in [4.69, 9.17) is 0 Å². The van der Waals surface area contributed by atoms with E-state index in [1.54, 1.807) is 12.1 Å². The van der Waals surface area contributed by atoms with Crippen LogP contribution in [0.3, 0.4) is 0 Å². The molecule has 0 unspecified atom stereocenters. The van der Waals surface area contributed by atoms with Gasteiger partial charge in [-0.25, -0.2) is 4.39 Å². The summed E-state index contributed by atoms with van der Waals surface area (Å²) in [6.45, 7) is 6.62. The highest BCUT2D eigenvalue weighted by atomic mass is 32.2. The summed E-state index contributed by atoms with van der Waals surface area (Å²) in [6, 6.07) is 8.20. The summed E-state index contributed by atoms with van der Waals surface area (Å²) in [4.78, 5) is 18.3. The third-order valence-corrected chi connectivity index (χ3v) is 6.31. The molecule has 1 aromatic carbocycles. The molecule has 30 heavy (non-hydrogen) atoms. The number of carbonyl (C=O) groups is 1. The number of H-pyrrole nitrogens is 1. The zero-order valence-corrected chi connectivity index (χ0v) is 18.1. The van der Waals surface area contributed by atoms with Gasteiger partial charge in [0.2, 0.25) is 0 Å². The lowest BCUT2D eigenvalue weighted by atomic mass is 10.1. The minimum absolute atomic E-state index is 0.0492. The quantitative estimate of drug-likeness (QED) is 0.450. The SMILES string of the molecule is Cc1cc(C(=O)CSc2nnc(CN3CCCCC3)n2-c2ccc(F)cc2)c(C)[nH]1. The smallest absolute Gasteiger partial charge is 0.196 e. The summed E-state index contributed by atoms with van der Waals surface area (Å²) in [5, 5.41) is 9.44. The van der Waals surface area contributed by atoms with Crippen molar-refractivity contribution in [1.29, 1.82) is 0 Å². The van der Waals surface area contributed by atoms with Crippen molar-refractivity contribution in [2.24, 2.45) is 0 Å². The Kier molecular flexibility index (Phi) is 6.34. The zero-order chi connectivity index (χ0) is 21.1. The van der Waals surface area contributed by atoms with E-state index >= 15 is 0 Å². The zero-order valence-electron chi connectivity index (χ0n) is 17.3. The standard InChI is InChI=1S/C22H26FN5OS/c1-15-12-19(16(2)24-15)20(29)14-30-22-26-25-21(13-27-10-4-3-5-11-27)28(22)18-8-6-17(23)7-9-18/h6-9,12,24H,3-5,10-11,13-14H2,1-2H3. The molecular weight excluding hydrogens is 401 g/mol. The van der Waals surface area contributed by atoms with Crippen LogP contribution in [-0.4, -0.2) is 49.3 Å². The van der Waals surface area contributed by atoms with Gasteiger partial charge in [0.15, 0.2) is 16.8 Å². The first-order chi connectivity index (χ1) is 14.5. The molecule has 0 atom stereocenters. The fourth-order valence-electron chi connectivity index (χ4n) is 3.88. The second-order valence-electron chi connectivity index (χ2n) is 7.75. The van der Waals surface area contributed by atoms with Crippen molar-refractivity contribution in [3.63, 3.8) is 0 Å². The highest BCUT2D eigenvalue weighted by molar-refractivity contribution is 7.99. The van der Waals surface area contributed by atoms with Crippen LogP contribution in [0.15, 0.2) is 35.5 Å². The summed E-state index contributed by atoms with van der Waals surface area (Å²) in [5.74, 6) is 0.841. The van der Waals surface area contributed by atoms with Gasteiger partial charge in [0, 0.05) is 22.6 Å². The Morgan fingerprint density at radius 3 is 2.53 bits per heavy atom. The topological polar surface area (TPSA) is 66.8 Å². The van der Waals surface area contributed by atoms with E-state index in [2.05, 4.69) is 20.1 Å². The maximum Gasteiger partial charge on any atom is 0.196 e. The van der Waals surface area contributed by atoms with Crippen LogP contribution in [0.25, 0.3) is 5.69 Å². The van der Waals surface area contributed by atoms with Gasteiger partial charge in [-0.3, -0.25) is 14.3 Å². The van der Waals surface area contributed by atoms with Gasteiger partial charge in [0.1, 0.15) is 5.82 Å². The lowest BCUT2D eigenvalue weighted by Gasteiger charge is -2.26. The Bertz CT molecular complexity index is 1020. The number of piperidine rings is 1. The van der Waals surface area contributed by atoms with Crippen molar-refractivity contribution < 1.29 is 9.18 Å². The van der Waals surface area contributed by atoms with E-state index in [0.717, 1.165) is 36.0 Å².